The predicted octanol–water partition coefficient (Wildman–Crippen LogP) is 5.72. The molecule has 3 heteroatoms. The molecule has 0 amide bonds. The number of allylic oxidation sites excluding steroid dienone is 6. The quantitative estimate of drug-likeness (QED) is 0.752. The lowest BCUT2D eigenvalue weighted by Gasteiger charge is -2.06. The standard InChI is InChI=1S/C20H16F2O/c1-13-2-4-15(5-3-13)18-11-8-16(12-19(21)20(18)22)14-6-9-17(23)10-7-14/h2-11,23H,12H2,1H3. The Morgan fingerprint density at radius 2 is 1.43 bits per heavy atom. The molecule has 1 aliphatic carbocycles. The zero-order valence-corrected chi connectivity index (χ0v) is 12.7. The van der Waals surface area contributed by atoms with E-state index in [-0.39, 0.29) is 17.7 Å². The number of benzene rings is 2. The van der Waals surface area contributed by atoms with Gasteiger partial charge in [-0.2, -0.15) is 0 Å². The van der Waals surface area contributed by atoms with Crippen LogP contribution in [-0.2, 0) is 0 Å². The van der Waals surface area contributed by atoms with Gasteiger partial charge in [-0.25, -0.2) is 8.78 Å². The first kappa shape index (κ1) is 15.2. The summed E-state index contributed by atoms with van der Waals surface area (Å²) in [4.78, 5) is 0. The molecule has 0 fully saturated rings. The van der Waals surface area contributed by atoms with E-state index in [0.29, 0.717) is 11.1 Å². The molecule has 2 aromatic carbocycles. The van der Waals surface area contributed by atoms with E-state index >= 15 is 0 Å². The molecule has 1 nitrogen and oxygen atoms in total. The summed E-state index contributed by atoms with van der Waals surface area (Å²) in [7, 11) is 0. The Hall–Kier alpha value is -2.68. The van der Waals surface area contributed by atoms with E-state index in [1.165, 1.54) is 12.1 Å². The summed E-state index contributed by atoms with van der Waals surface area (Å²) in [6.07, 6.45) is 3.23. The minimum atomic E-state index is -0.820. The summed E-state index contributed by atoms with van der Waals surface area (Å²) >= 11 is 0. The van der Waals surface area contributed by atoms with Crippen LogP contribution in [0.15, 0.2) is 72.3 Å². The van der Waals surface area contributed by atoms with Crippen molar-refractivity contribution in [2.24, 2.45) is 0 Å². The highest BCUT2D eigenvalue weighted by Gasteiger charge is 2.18. The summed E-state index contributed by atoms with van der Waals surface area (Å²) in [5.41, 5.74) is 3.38. The number of phenolic OH excluding ortho intramolecular Hbond substituents is 1. The molecule has 0 atom stereocenters. The van der Waals surface area contributed by atoms with Crippen LogP contribution in [0.5, 0.6) is 5.75 Å². The van der Waals surface area contributed by atoms with Crippen molar-refractivity contribution in [2.75, 3.05) is 0 Å². The van der Waals surface area contributed by atoms with Crippen molar-refractivity contribution in [3.8, 4) is 5.75 Å². The Labute approximate surface area is 133 Å². The Bertz CT molecular complexity index is 810. The molecule has 2 aromatic rings. The van der Waals surface area contributed by atoms with E-state index < -0.39 is 11.7 Å². The molecule has 0 saturated heterocycles. The maximum atomic E-state index is 14.4. The zero-order chi connectivity index (χ0) is 16.4. The molecule has 0 aromatic heterocycles. The molecule has 0 unspecified atom stereocenters. The predicted molar refractivity (Wildman–Crippen MR) is 89.1 cm³/mol. The van der Waals surface area contributed by atoms with Crippen LogP contribution in [-0.4, -0.2) is 5.11 Å². The van der Waals surface area contributed by atoms with Gasteiger partial charge in [-0.15, -0.1) is 0 Å². The summed E-state index contributed by atoms with van der Waals surface area (Å²) in [5.74, 6) is -1.46. The molecule has 0 radical (unpaired) electrons. The Morgan fingerprint density at radius 3 is 2.09 bits per heavy atom. The van der Waals surface area contributed by atoms with Crippen LogP contribution in [0.25, 0.3) is 11.1 Å². The van der Waals surface area contributed by atoms with Crippen LogP contribution in [0.3, 0.4) is 0 Å². The van der Waals surface area contributed by atoms with Gasteiger partial charge in [0, 0.05) is 12.0 Å². The fourth-order valence-corrected chi connectivity index (χ4v) is 2.54. The molecule has 116 valence electrons. The molecule has 0 bridgehead atoms. The van der Waals surface area contributed by atoms with Gasteiger partial charge in [0.05, 0.1) is 0 Å². The van der Waals surface area contributed by atoms with Gasteiger partial charge in [0.15, 0.2) is 5.83 Å². The third-order valence-corrected chi connectivity index (χ3v) is 3.87. The van der Waals surface area contributed by atoms with Gasteiger partial charge in [0.2, 0.25) is 0 Å². The van der Waals surface area contributed by atoms with Crippen molar-refractivity contribution in [2.45, 2.75) is 13.3 Å². The molecule has 0 aliphatic heterocycles. The SMILES string of the molecule is Cc1ccc(C2=CC=C(c3ccc(O)cc3)CC(F)=C2F)cc1. The first-order valence-corrected chi connectivity index (χ1v) is 7.36. The highest BCUT2D eigenvalue weighted by molar-refractivity contribution is 5.83. The van der Waals surface area contributed by atoms with E-state index in [4.69, 9.17) is 0 Å². The van der Waals surface area contributed by atoms with E-state index in [2.05, 4.69) is 0 Å². The Balaban J connectivity index is 2.04. The number of hydrogen-bond acceptors (Lipinski definition) is 1. The van der Waals surface area contributed by atoms with Gasteiger partial charge in [-0.3, -0.25) is 0 Å². The second kappa shape index (κ2) is 6.21. The van der Waals surface area contributed by atoms with Crippen molar-refractivity contribution in [3.05, 3.63) is 89.0 Å². The van der Waals surface area contributed by atoms with Crippen LogP contribution >= 0.6 is 0 Å². The van der Waals surface area contributed by atoms with Crippen LogP contribution in [0, 0.1) is 6.92 Å². The van der Waals surface area contributed by atoms with Crippen molar-refractivity contribution in [3.63, 3.8) is 0 Å². The second-order valence-electron chi connectivity index (χ2n) is 5.58. The van der Waals surface area contributed by atoms with Crippen molar-refractivity contribution in [1.82, 2.24) is 0 Å². The summed E-state index contributed by atoms with van der Waals surface area (Å²) in [5, 5.41) is 9.34. The van der Waals surface area contributed by atoms with Crippen LogP contribution in [0.2, 0.25) is 0 Å². The lowest BCUT2D eigenvalue weighted by atomic mass is 10.0. The molecule has 0 heterocycles. The highest BCUT2D eigenvalue weighted by atomic mass is 19.2. The second-order valence-corrected chi connectivity index (χ2v) is 5.58. The molecule has 0 spiro atoms. The van der Waals surface area contributed by atoms with Gasteiger partial charge in [-0.1, -0.05) is 54.1 Å². The van der Waals surface area contributed by atoms with Crippen molar-refractivity contribution in [1.29, 1.82) is 0 Å². The molecule has 23 heavy (non-hydrogen) atoms. The van der Waals surface area contributed by atoms with Crippen LogP contribution in [0.4, 0.5) is 8.78 Å². The summed E-state index contributed by atoms with van der Waals surface area (Å²) < 4.78 is 28.6. The van der Waals surface area contributed by atoms with Crippen LogP contribution in [0.1, 0.15) is 23.1 Å². The van der Waals surface area contributed by atoms with E-state index in [0.717, 1.165) is 11.1 Å². The molecular weight excluding hydrogens is 294 g/mol. The maximum absolute atomic E-state index is 14.4. The zero-order valence-electron chi connectivity index (χ0n) is 12.7. The first-order valence-electron chi connectivity index (χ1n) is 7.36. The number of rotatable bonds is 2. The number of hydrogen-bond donors (Lipinski definition) is 1. The topological polar surface area (TPSA) is 20.2 Å². The van der Waals surface area contributed by atoms with Gasteiger partial charge in [0.25, 0.3) is 0 Å². The van der Waals surface area contributed by atoms with Gasteiger partial charge < -0.3 is 5.11 Å². The normalized spacial score (nSPS) is 15.1. The smallest absolute Gasteiger partial charge is 0.162 e. The molecular formula is C20H16F2O. The maximum Gasteiger partial charge on any atom is 0.162 e. The number of aryl methyl sites for hydroxylation is 1. The Morgan fingerprint density at radius 1 is 0.826 bits per heavy atom. The van der Waals surface area contributed by atoms with Crippen molar-refractivity contribution < 1.29 is 13.9 Å². The van der Waals surface area contributed by atoms with Gasteiger partial charge in [-0.05, 0) is 35.8 Å². The monoisotopic (exact) mass is 310 g/mol. The number of phenols is 1. The number of aromatic hydroxyl groups is 1. The highest BCUT2D eigenvalue weighted by Crippen LogP contribution is 2.36. The summed E-state index contributed by atoms with van der Waals surface area (Å²) in [6, 6.07) is 13.8. The first-order chi connectivity index (χ1) is 11.0. The van der Waals surface area contributed by atoms with E-state index in [9.17, 15) is 13.9 Å². The van der Waals surface area contributed by atoms with Gasteiger partial charge in [0.1, 0.15) is 11.6 Å². The summed E-state index contributed by atoms with van der Waals surface area (Å²) in [6.45, 7) is 1.95. The molecule has 1 N–H and O–H groups in total. The van der Waals surface area contributed by atoms with E-state index in [1.54, 1.807) is 36.4 Å². The molecule has 0 saturated carbocycles. The van der Waals surface area contributed by atoms with Gasteiger partial charge >= 0.3 is 0 Å². The fourth-order valence-electron chi connectivity index (χ4n) is 2.54. The average molecular weight is 310 g/mol. The van der Waals surface area contributed by atoms with Crippen LogP contribution < -0.4 is 0 Å². The third-order valence-electron chi connectivity index (χ3n) is 3.87. The number of halogens is 2. The van der Waals surface area contributed by atoms with E-state index in [1.807, 2.05) is 19.1 Å². The Kier molecular flexibility index (Phi) is 4.11. The minimum Gasteiger partial charge on any atom is -0.508 e. The fraction of sp³-hybridized carbons (Fsp3) is 0.100. The largest absolute Gasteiger partial charge is 0.508 e. The van der Waals surface area contributed by atoms with Crippen molar-refractivity contribution >= 4 is 11.1 Å². The lowest BCUT2D eigenvalue weighted by Crippen LogP contribution is -1.89. The minimum absolute atomic E-state index is 0.109. The molecule has 1 aliphatic rings. The molecule has 3 rings (SSSR count). The average Bonchev–Trinajstić information content (AvgIpc) is 2.69. The third kappa shape index (κ3) is 3.24. The lowest BCUT2D eigenvalue weighted by molar-refractivity contribution is 0.475.